The molecule has 0 bridgehead atoms. The number of aromatic nitrogens is 15. The fourth-order valence-electron chi connectivity index (χ4n) is 3.21. The van der Waals surface area contributed by atoms with Crippen molar-refractivity contribution in [3.8, 4) is 0 Å². The zero-order chi connectivity index (χ0) is 70.5. The summed E-state index contributed by atoms with van der Waals surface area (Å²) in [7, 11) is 1.94. The summed E-state index contributed by atoms with van der Waals surface area (Å²) in [4.78, 5) is 32.9. The smallest absolute Gasteiger partial charge is 0.133 e. The monoisotopic (exact) mass is 1300 g/mol. The van der Waals surface area contributed by atoms with E-state index >= 15 is 0 Å². The van der Waals surface area contributed by atoms with Gasteiger partial charge in [-0.2, -0.15) is 4.37 Å². The van der Waals surface area contributed by atoms with Crippen LogP contribution in [0.1, 0.15) is 208 Å². The van der Waals surface area contributed by atoms with Crippen LogP contribution in [0, 0.1) is 69.2 Å². The highest BCUT2D eigenvalue weighted by atomic mass is 32.1. The fourth-order valence-corrected chi connectivity index (χ4v) is 5.23. The molecule has 11 heterocycles. The van der Waals surface area contributed by atoms with E-state index < -0.39 is 0 Å². The highest BCUT2D eigenvalue weighted by Gasteiger charge is 1.81. The Labute approximate surface area is 553 Å². The summed E-state index contributed by atoms with van der Waals surface area (Å²) in [6, 6.07) is 5.60. The first-order chi connectivity index (χ1) is 42.8. The number of hydrogen-bond acceptors (Lipinski definition) is 18. The number of nitrogens with one attached hydrogen (secondary N) is 3. The van der Waals surface area contributed by atoms with E-state index in [1.54, 1.807) is 110 Å². The molecule has 0 spiro atoms. The van der Waals surface area contributed by atoms with Crippen molar-refractivity contribution in [3.63, 3.8) is 0 Å². The average Bonchev–Trinajstić information content (AvgIpc) is 4.40. The van der Waals surface area contributed by atoms with Gasteiger partial charge < -0.3 is 33.1 Å². The Kier molecular flexibility index (Phi) is 122. The Morgan fingerprint density at radius 2 is 1.05 bits per heavy atom. The molecule has 0 amide bonds. The Morgan fingerprint density at radius 3 is 1.16 bits per heavy atom. The molecule has 11 aromatic heterocycles. The summed E-state index contributed by atoms with van der Waals surface area (Å²) in [5.74, 6) is 1.82. The normalized spacial score (nSPS) is 7.38. The van der Waals surface area contributed by atoms with Gasteiger partial charge in [0.1, 0.15) is 24.1 Å². The average molecular weight is 1310 g/mol. The lowest BCUT2D eigenvalue weighted by atomic mass is 10.4. The number of aromatic amines is 3. The van der Waals surface area contributed by atoms with Gasteiger partial charge >= 0.3 is 0 Å². The molecule has 11 rings (SSSR count). The Balaban J connectivity index is -0.0000000798. The van der Waals surface area contributed by atoms with Crippen LogP contribution in [0.4, 0.5) is 0 Å². The highest BCUT2D eigenvalue weighted by molar-refractivity contribution is 7.09. The van der Waals surface area contributed by atoms with Crippen LogP contribution in [0.25, 0.3) is 0 Å². The number of rotatable bonds is 0. The van der Waals surface area contributed by atoms with E-state index in [1.807, 2.05) is 285 Å². The van der Waals surface area contributed by atoms with Gasteiger partial charge in [-0.15, -0.1) is 22.7 Å². The number of nitrogens with zero attached hydrogens (tertiary/aromatic N) is 12. The van der Waals surface area contributed by atoms with Gasteiger partial charge in [0.05, 0.1) is 53.8 Å². The van der Waals surface area contributed by atoms with E-state index in [2.05, 4.69) is 82.6 Å². The lowest BCUT2D eigenvalue weighted by molar-refractivity contribution is 0.397. The minimum absolute atomic E-state index is 0.856. The summed E-state index contributed by atoms with van der Waals surface area (Å²) in [5.41, 5.74) is 11.3. The maximum atomic E-state index is 4.58. The predicted octanol–water partition coefficient (Wildman–Crippen LogP) is 22.6. The van der Waals surface area contributed by atoms with Gasteiger partial charge in [0, 0.05) is 112 Å². The van der Waals surface area contributed by atoms with E-state index in [1.165, 1.54) is 33.5 Å². The third-order valence-corrected chi connectivity index (χ3v) is 9.23. The topological polar surface area (TPSA) is 234 Å². The summed E-state index contributed by atoms with van der Waals surface area (Å²) >= 11 is 6.27. The van der Waals surface area contributed by atoms with Crippen LogP contribution in [0.15, 0.2) is 152 Å². The molecule has 22 heteroatoms. The van der Waals surface area contributed by atoms with Gasteiger partial charge in [0.25, 0.3) is 0 Å². The minimum atomic E-state index is 0.856. The molecule has 0 saturated carbocycles. The van der Waals surface area contributed by atoms with Crippen LogP contribution in [0.3, 0.4) is 0 Å². The quantitative estimate of drug-likeness (QED) is 0.128. The summed E-state index contributed by atoms with van der Waals surface area (Å²) in [6.45, 7) is 63.5. The second-order valence-electron chi connectivity index (χ2n) is 12.9. The maximum Gasteiger partial charge on any atom is 0.133 e. The molecular weight excluding hydrogens is 1180 g/mol. The molecule has 0 unspecified atom stereocenters. The van der Waals surface area contributed by atoms with E-state index in [0.29, 0.717) is 0 Å². The summed E-state index contributed by atoms with van der Waals surface area (Å²) < 4.78 is 23.2. The maximum absolute atomic E-state index is 4.58. The third kappa shape index (κ3) is 98.1. The molecule has 3 N–H and O–H groups in total. The first-order valence-corrected chi connectivity index (χ1v) is 34.1. The fraction of sp³-hybridized carbons (Fsp3) is 0.500. The molecule has 18 nitrogen and oxygen atoms in total. The van der Waals surface area contributed by atoms with Crippen LogP contribution in [0.5, 0.6) is 0 Å². The first-order valence-electron chi connectivity index (χ1n) is 30.6. The van der Waals surface area contributed by atoms with Crippen LogP contribution < -0.4 is 0 Å². The lowest BCUT2D eigenvalue weighted by Gasteiger charge is -1.76. The number of H-pyrrole nitrogens is 3. The van der Waals surface area contributed by atoms with E-state index in [4.69, 9.17) is 0 Å². The molecule has 0 radical (unpaired) electrons. The molecule has 0 atom stereocenters. The van der Waals surface area contributed by atoms with E-state index in [9.17, 15) is 0 Å². The molecule has 0 aliphatic carbocycles. The summed E-state index contributed by atoms with van der Waals surface area (Å²) in [6.07, 6.45) is 25.9. The molecule has 0 aliphatic rings. The molecule has 0 aliphatic heterocycles. The van der Waals surface area contributed by atoms with Crippen molar-refractivity contribution in [2.45, 2.75) is 222 Å². The lowest BCUT2D eigenvalue weighted by Crippen LogP contribution is -1.76. The van der Waals surface area contributed by atoms with Gasteiger partial charge in [0.2, 0.25) is 0 Å². The first kappa shape index (κ1) is 106. The molecule has 88 heavy (non-hydrogen) atoms. The van der Waals surface area contributed by atoms with Crippen molar-refractivity contribution in [2.75, 3.05) is 0 Å². The van der Waals surface area contributed by atoms with Crippen molar-refractivity contribution in [3.05, 3.63) is 195 Å². The highest BCUT2D eigenvalue weighted by Crippen LogP contribution is 2.00. The zero-order valence-electron chi connectivity index (χ0n) is 61.0. The van der Waals surface area contributed by atoms with Gasteiger partial charge in [-0.3, -0.25) is 9.97 Å². The third-order valence-electron chi connectivity index (χ3n) is 6.47. The SMILES string of the molecule is CC.CC.CC.CC.CC.CC.CC.CC.CC.CC.CC.Cc1ccno1.Cc1ccon1.Cc1ccsn1.Cc1cnc[nH]1.Cc1cnc[nH]1.Cc1cncs1.Cc1cnoc1.Cc1cnsc1.Cc1cscn1.Cc1ncc[nH]1.Cn1ccnc1. The largest absolute Gasteiger partial charge is 0.365 e. The van der Waals surface area contributed by atoms with Crippen molar-refractivity contribution in [1.82, 2.24) is 73.6 Å². The van der Waals surface area contributed by atoms with Gasteiger partial charge in [-0.05, 0) is 104 Å². The molecule has 11 aromatic rings. The number of hydrogen-bond donors (Lipinski definition) is 3. The van der Waals surface area contributed by atoms with Crippen molar-refractivity contribution >= 4 is 45.7 Å². The predicted molar refractivity (Wildman–Crippen MR) is 389 cm³/mol. The Morgan fingerprint density at radius 1 is 0.477 bits per heavy atom. The Bertz CT molecular complexity index is 1850. The second-order valence-corrected chi connectivity index (χ2v) is 16.1. The Hall–Kier alpha value is -7.01. The van der Waals surface area contributed by atoms with Crippen LogP contribution in [-0.2, 0) is 7.05 Å². The second kappa shape index (κ2) is 102. The van der Waals surface area contributed by atoms with Crippen molar-refractivity contribution in [1.29, 1.82) is 0 Å². The molecule has 0 aromatic carbocycles. The number of thiazole rings is 2. The van der Waals surface area contributed by atoms with Gasteiger partial charge in [0.15, 0.2) is 0 Å². The molecular formula is C66H125N15O3S4. The minimum Gasteiger partial charge on any atom is -0.365 e. The summed E-state index contributed by atoms with van der Waals surface area (Å²) in [5, 5.41) is 16.4. The standard InChI is InChI=1S/4C4H6N2.3C4H5NO.4C4H5NS.11C2H6/c2*1-4-2-5-3-6-4;1-6-3-2-5-4-6;1-4-5-2-3-6-4;1-4-2-5-6-3-4;1-4-2-3-6-5-4;1-4-2-3-5-6-4;1-4-2-6-3-5-4;1-4-2-5-3-6-4;1-4-2-5-6-3-4;1-4-2-3-6-5-4;11*1-2/h2*2-3H,1H3,(H,5,6);2-4H,1H3;2-3H,1H3,(H,5,6);7*2-3H,1H3;11*1-2H3. The van der Waals surface area contributed by atoms with Crippen molar-refractivity contribution < 1.29 is 13.6 Å². The number of aryl methyl sites for hydroxylation is 11. The van der Waals surface area contributed by atoms with E-state index in [0.717, 1.165) is 45.6 Å². The van der Waals surface area contributed by atoms with Crippen molar-refractivity contribution in [2.24, 2.45) is 7.05 Å². The zero-order valence-corrected chi connectivity index (χ0v) is 64.3. The molecule has 506 valence electrons. The number of imidazole rings is 4. The van der Waals surface area contributed by atoms with Gasteiger partial charge in [-0.25, -0.2) is 24.3 Å². The van der Waals surface area contributed by atoms with E-state index in [-0.39, 0.29) is 0 Å². The molecule has 0 fully saturated rings. The van der Waals surface area contributed by atoms with Crippen LogP contribution in [0.2, 0.25) is 0 Å². The molecule has 0 saturated heterocycles. The van der Waals surface area contributed by atoms with Gasteiger partial charge in [-0.1, -0.05) is 168 Å². The van der Waals surface area contributed by atoms with Crippen LogP contribution in [-0.4, -0.2) is 73.6 Å². The van der Waals surface area contributed by atoms with Crippen LogP contribution >= 0.6 is 45.7 Å².